The number of rotatable bonds is 3. The van der Waals surface area contributed by atoms with Gasteiger partial charge in [-0.05, 0) is 17.7 Å². The van der Waals surface area contributed by atoms with Gasteiger partial charge in [0.1, 0.15) is 23.2 Å². The maximum absolute atomic E-state index is 13.1. The zero-order valence-electron chi connectivity index (χ0n) is 8.49. The number of halogens is 2. The summed E-state index contributed by atoms with van der Waals surface area (Å²) in [5, 5.41) is 0.0263. The fourth-order valence-electron chi connectivity index (χ4n) is 1.33. The number of benzene rings is 2. The molecule has 0 fully saturated rings. The van der Waals surface area contributed by atoms with Crippen LogP contribution in [-0.2, 0) is 6.61 Å². The van der Waals surface area contributed by atoms with Gasteiger partial charge in [0.05, 0.1) is 0 Å². The standard InChI is InChI=1S/C13H10ClFO/c14-13-11(15)7-4-8-12(13)16-9-10-5-2-1-3-6-10/h1-8H,9H2. The van der Waals surface area contributed by atoms with Crippen molar-refractivity contribution >= 4 is 11.6 Å². The van der Waals surface area contributed by atoms with Crippen LogP contribution in [0.25, 0.3) is 0 Å². The van der Waals surface area contributed by atoms with Crippen molar-refractivity contribution < 1.29 is 9.13 Å². The first-order valence-electron chi connectivity index (χ1n) is 4.88. The molecule has 2 rings (SSSR count). The molecule has 0 aliphatic carbocycles. The van der Waals surface area contributed by atoms with Gasteiger partial charge in [-0.1, -0.05) is 48.0 Å². The summed E-state index contributed by atoms with van der Waals surface area (Å²) in [7, 11) is 0. The van der Waals surface area contributed by atoms with Crippen LogP contribution in [0.5, 0.6) is 5.75 Å². The molecule has 0 amide bonds. The third kappa shape index (κ3) is 2.52. The molecule has 2 aromatic carbocycles. The SMILES string of the molecule is Fc1cccc(OCc2ccccc2)c1Cl. The summed E-state index contributed by atoms with van der Waals surface area (Å²) in [6.07, 6.45) is 0. The van der Waals surface area contributed by atoms with E-state index < -0.39 is 5.82 Å². The molecule has 0 N–H and O–H groups in total. The van der Waals surface area contributed by atoms with Crippen molar-refractivity contribution in [1.29, 1.82) is 0 Å². The van der Waals surface area contributed by atoms with Crippen LogP contribution >= 0.6 is 11.6 Å². The molecule has 0 aromatic heterocycles. The van der Waals surface area contributed by atoms with Crippen LogP contribution in [0.1, 0.15) is 5.56 Å². The Morgan fingerprint density at radius 3 is 2.50 bits per heavy atom. The normalized spacial score (nSPS) is 10.1. The Balaban J connectivity index is 2.08. The molecule has 3 heteroatoms. The second-order valence-electron chi connectivity index (χ2n) is 3.33. The molecular weight excluding hydrogens is 227 g/mol. The summed E-state index contributed by atoms with van der Waals surface area (Å²) in [6.45, 7) is 0.379. The predicted molar refractivity (Wildman–Crippen MR) is 62.2 cm³/mol. The highest BCUT2D eigenvalue weighted by atomic mass is 35.5. The second-order valence-corrected chi connectivity index (χ2v) is 3.70. The summed E-state index contributed by atoms with van der Waals surface area (Å²) in [5.41, 5.74) is 1.02. The molecule has 16 heavy (non-hydrogen) atoms. The lowest BCUT2D eigenvalue weighted by Crippen LogP contribution is -1.96. The van der Waals surface area contributed by atoms with Gasteiger partial charge in [0.15, 0.2) is 0 Å². The van der Waals surface area contributed by atoms with Crippen molar-refractivity contribution in [2.75, 3.05) is 0 Å². The van der Waals surface area contributed by atoms with Crippen LogP contribution in [0.15, 0.2) is 48.5 Å². The lowest BCUT2D eigenvalue weighted by Gasteiger charge is -2.08. The predicted octanol–water partition coefficient (Wildman–Crippen LogP) is 4.06. The van der Waals surface area contributed by atoms with Gasteiger partial charge in [0.2, 0.25) is 0 Å². The highest BCUT2D eigenvalue weighted by Crippen LogP contribution is 2.27. The van der Waals surface area contributed by atoms with Gasteiger partial charge in [-0.2, -0.15) is 0 Å². The number of ether oxygens (including phenoxy) is 1. The maximum Gasteiger partial charge on any atom is 0.145 e. The summed E-state index contributed by atoms with van der Waals surface area (Å²) in [5.74, 6) is -0.0993. The Labute approximate surface area is 98.4 Å². The summed E-state index contributed by atoms with van der Waals surface area (Å²) >= 11 is 5.76. The first kappa shape index (κ1) is 11.0. The average Bonchev–Trinajstić information content (AvgIpc) is 2.32. The zero-order valence-corrected chi connectivity index (χ0v) is 9.25. The van der Waals surface area contributed by atoms with Gasteiger partial charge < -0.3 is 4.74 Å². The highest BCUT2D eigenvalue weighted by molar-refractivity contribution is 6.32. The highest BCUT2D eigenvalue weighted by Gasteiger charge is 2.06. The van der Waals surface area contributed by atoms with Gasteiger partial charge in [0.25, 0.3) is 0 Å². The van der Waals surface area contributed by atoms with Crippen LogP contribution in [0.4, 0.5) is 4.39 Å². The quantitative estimate of drug-likeness (QED) is 0.781. The van der Waals surface area contributed by atoms with Crippen molar-refractivity contribution in [3.8, 4) is 5.75 Å². The van der Waals surface area contributed by atoms with E-state index in [4.69, 9.17) is 16.3 Å². The van der Waals surface area contributed by atoms with Crippen LogP contribution in [0.3, 0.4) is 0 Å². The van der Waals surface area contributed by atoms with Crippen molar-refractivity contribution in [3.05, 3.63) is 64.9 Å². The minimum atomic E-state index is -0.466. The summed E-state index contributed by atoms with van der Waals surface area (Å²) in [6, 6.07) is 14.2. The Hall–Kier alpha value is -1.54. The Morgan fingerprint density at radius 2 is 1.75 bits per heavy atom. The van der Waals surface area contributed by atoms with E-state index >= 15 is 0 Å². The third-order valence-electron chi connectivity index (χ3n) is 2.15. The molecule has 1 nitrogen and oxygen atoms in total. The molecule has 0 aliphatic heterocycles. The van der Waals surface area contributed by atoms with E-state index in [0.29, 0.717) is 12.4 Å². The van der Waals surface area contributed by atoms with E-state index in [-0.39, 0.29) is 5.02 Å². The van der Waals surface area contributed by atoms with Crippen LogP contribution in [0, 0.1) is 5.82 Å². The third-order valence-corrected chi connectivity index (χ3v) is 2.52. The average molecular weight is 237 g/mol. The Bertz CT molecular complexity index is 471. The topological polar surface area (TPSA) is 9.23 Å². The molecule has 0 aliphatic rings. The lowest BCUT2D eigenvalue weighted by atomic mass is 10.2. The second kappa shape index (κ2) is 4.99. The van der Waals surface area contributed by atoms with Gasteiger partial charge >= 0.3 is 0 Å². The lowest BCUT2D eigenvalue weighted by molar-refractivity contribution is 0.305. The molecular formula is C13H10ClFO. The molecule has 0 heterocycles. The minimum Gasteiger partial charge on any atom is -0.487 e. The largest absolute Gasteiger partial charge is 0.487 e. The number of hydrogen-bond acceptors (Lipinski definition) is 1. The van der Waals surface area contributed by atoms with Gasteiger partial charge in [-0.15, -0.1) is 0 Å². The molecule has 0 bridgehead atoms. The van der Waals surface area contributed by atoms with E-state index in [1.165, 1.54) is 6.07 Å². The summed E-state index contributed by atoms with van der Waals surface area (Å²) < 4.78 is 18.5. The van der Waals surface area contributed by atoms with Gasteiger partial charge in [-0.3, -0.25) is 0 Å². The summed E-state index contributed by atoms with van der Waals surface area (Å²) in [4.78, 5) is 0. The number of hydrogen-bond donors (Lipinski definition) is 0. The zero-order chi connectivity index (χ0) is 11.4. The Morgan fingerprint density at radius 1 is 1.00 bits per heavy atom. The maximum atomic E-state index is 13.1. The van der Waals surface area contributed by atoms with E-state index in [1.807, 2.05) is 30.3 Å². The van der Waals surface area contributed by atoms with E-state index in [0.717, 1.165) is 5.56 Å². The molecule has 0 atom stereocenters. The first-order valence-corrected chi connectivity index (χ1v) is 5.26. The van der Waals surface area contributed by atoms with Crippen molar-refractivity contribution in [1.82, 2.24) is 0 Å². The fourth-order valence-corrected chi connectivity index (χ4v) is 1.51. The molecule has 0 radical (unpaired) electrons. The van der Waals surface area contributed by atoms with Gasteiger partial charge in [-0.25, -0.2) is 4.39 Å². The van der Waals surface area contributed by atoms with Crippen molar-refractivity contribution in [3.63, 3.8) is 0 Å². The molecule has 2 aromatic rings. The minimum absolute atomic E-state index is 0.0263. The monoisotopic (exact) mass is 236 g/mol. The van der Waals surface area contributed by atoms with Crippen molar-refractivity contribution in [2.45, 2.75) is 6.61 Å². The van der Waals surface area contributed by atoms with Crippen LogP contribution < -0.4 is 4.74 Å². The van der Waals surface area contributed by atoms with Crippen LogP contribution in [-0.4, -0.2) is 0 Å². The molecule has 0 saturated carbocycles. The Kier molecular flexibility index (Phi) is 3.42. The molecule has 0 unspecified atom stereocenters. The smallest absolute Gasteiger partial charge is 0.145 e. The molecule has 0 spiro atoms. The van der Waals surface area contributed by atoms with E-state index in [2.05, 4.69) is 0 Å². The molecule has 82 valence electrons. The fraction of sp³-hybridized carbons (Fsp3) is 0.0769. The first-order chi connectivity index (χ1) is 7.77. The van der Waals surface area contributed by atoms with Gasteiger partial charge in [0, 0.05) is 0 Å². The van der Waals surface area contributed by atoms with Crippen LogP contribution in [0.2, 0.25) is 5.02 Å². The van der Waals surface area contributed by atoms with Crippen molar-refractivity contribution in [2.24, 2.45) is 0 Å². The van der Waals surface area contributed by atoms with E-state index in [9.17, 15) is 4.39 Å². The van der Waals surface area contributed by atoms with E-state index in [1.54, 1.807) is 12.1 Å². The molecule has 0 saturated heterocycles.